The number of hydrogen-bond donors (Lipinski definition) is 0. The first kappa shape index (κ1) is 18.6. The van der Waals surface area contributed by atoms with E-state index in [0.29, 0.717) is 36.8 Å². The Kier molecular flexibility index (Phi) is 5.15. The molecule has 3 rings (SSSR count). The molecular weight excluding hydrogens is 354 g/mol. The maximum atomic E-state index is 12.7. The molecule has 2 aromatic rings. The normalized spacial score (nSPS) is 16.0. The second kappa shape index (κ2) is 7.20. The molecule has 1 aromatic carbocycles. The molecule has 0 spiro atoms. The molecule has 0 atom stereocenters. The predicted molar refractivity (Wildman–Crippen MR) is 96.2 cm³/mol. The summed E-state index contributed by atoms with van der Waals surface area (Å²) < 4.78 is 32.0. The summed E-state index contributed by atoms with van der Waals surface area (Å²) >= 11 is 0. The molecule has 1 saturated heterocycles. The second-order valence-electron chi connectivity index (χ2n) is 6.58. The fourth-order valence-corrected chi connectivity index (χ4v) is 4.48. The van der Waals surface area contributed by atoms with Gasteiger partial charge in [-0.2, -0.15) is 4.31 Å². The van der Waals surface area contributed by atoms with Gasteiger partial charge in [-0.05, 0) is 32.9 Å². The minimum atomic E-state index is -3.52. The Morgan fingerprint density at radius 2 is 1.69 bits per heavy atom. The van der Waals surface area contributed by atoms with Gasteiger partial charge in [0.2, 0.25) is 15.9 Å². The van der Waals surface area contributed by atoms with Crippen molar-refractivity contribution >= 4 is 15.9 Å². The first-order chi connectivity index (χ1) is 12.3. The van der Waals surface area contributed by atoms with Gasteiger partial charge in [-0.3, -0.25) is 4.79 Å². The zero-order chi connectivity index (χ0) is 18.9. The Labute approximate surface area is 153 Å². The SMILES string of the molecule is Cc1ccc(S(=O)(=O)N2CCN(C(=O)Cc3c(C)noc3C)CC2)cc1. The Bertz CT molecular complexity index is 876. The van der Waals surface area contributed by atoms with Crippen molar-refractivity contribution < 1.29 is 17.7 Å². The molecule has 0 bridgehead atoms. The molecule has 0 aliphatic carbocycles. The number of benzene rings is 1. The molecular formula is C18H23N3O4S. The summed E-state index contributed by atoms with van der Waals surface area (Å²) in [5.74, 6) is 0.614. The first-order valence-electron chi connectivity index (χ1n) is 8.55. The smallest absolute Gasteiger partial charge is 0.243 e. The summed E-state index contributed by atoms with van der Waals surface area (Å²) in [5.41, 5.74) is 2.54. The maximum Gasteiger partial charge on any atom is 0.243 e. The van der Waals surface area contributed by atoms with Gasteiger partial charge in [0, 0.05) is 31.7 Å². The van der Waals surface area contributed by atoms with Crippen LogP contribution < -0.4 is 0 Å². The lowest BCUT2D eigenvalue weighted by Gasteiger charge is -2.34. The van der Waals surface area contributed by atoms with E-state index >= 15 is 0 Å². The monoisotopic (exact) mass is 377 g/mol. The highest BCUT2D eigenvalue weighted by molar-refractivity contribution is 7.89. The fourth-order valence-electron chi connectivity index (χ4n) is 3.05. The lowest BCUT2D eigenvalue weighted by molar-refractivity contribution is -0.131. The molecule has 1 aliphatic heterocycles. The van der Waals surface area contributed by atoms with E-state index in [1.807, 2.05) is 13.8 Å². The van der Waals surface area contributed by atoms with Crippen molar-refractivity contribution in [2.75, 3.05) is 26.2 Å². The fraction of sp³-hybridized carbons (Fsp3) is 0.444. The van der Waals surface area contributed by atoms with Crippen molar-refractivity contribution in [3.8, 4) is 0 Å². The number of nitrogens with zero attached hydrogens (tertiary/aromatic N) is 3. The lowest BCUT2D eigenvalue weighted by Crippen LogP contribution is -2.50. The third kappa shape index (κ3) is 3.66. The lowest BCUT2D eigenvalue weighted by atomic mass is 10.1. The van der Waals surface area contributed by atoms with Crippen LogP contribution in [0.2, 0.25) is 0 Å². The van der Waals surface area contributed by atoms with Gasteiger partial charge in [0.25, 0.3) is 0 Å². The van der Waals surface area contributed by atoms with Crippen LogP contribution in [-0.2, 0) is 21.2 Å². The summed E-state index contributed by atoms with van der Waals surface area (Å²) in [6.45, 7) is 6.87. The standard InChI is InChI=1S/C18H23N3O4S/c1-13-4-6-16(7-5-13)26(23,24)21-10-8-20(9-11-21)18(22)12-17-14(2)19-25-15(17)3/h4-7H,8-12H2,1-3H3. The molecule has 0 N–H and O–H groups in total. The van der Waals surface area contributed by atoms with Crippen LogP contribution in [0.15, 0.2) is 33.7 Å². The van der Waals surface area contributed by atoms with Crippen molar-refractivity contribution in [3.63, 3.8) is 0 Å². The van der Waals surface area contributed by atoms with Crippen molar-refractivity contribution in [3.05, 3.63) is 46.8 Å². The van der Waals surface area contributed by atoms with Gasteiger partial charge in [0.1, 0.15) is 5.76 Å². The van der Waals surface area contributed by atoms with Gasteiger partial charge in [-0.15, -0.1) is 0 Å². The van der Waals surface area contributed by atoms with Crippen LogP contribution in [-0.4, -0.2) is 54.9 Å². The van der Waals surface area contributed by atoms with Crippen LogP contribution in [0.1, 0.15) is 22.6 Å². The summed E-state index contributed by atoms with van der Waals surface area (Å²) in [7, 11) is -3.52. The molecule has 26 heavy (non-hydrogen) atoms. The Morgan fingerprint density at radius 1 is 1.08 bits per heavy atom. The highest BCUT2D eigenvalue weighted by Crippen LogP contribution is 2.19. The van der Waals surface area contributed by atoms with Gasteiger partial charge in [0.15, 0.2) is 0 Å². The molecule has 1 amide bonds. The van der Waals surface area contributed by atoms with Gasteiger partial charge < -0.3 is 9.42 Å². The molecule has 1 aromatic heterocycles. The van der Waals surface area contributed by atoms with E-state index in [1.165, 1.54) is 4.31 Å². The van der Waals surface area contributed by atoms with E-state index in [9.17, 15) is 13.2 Å². The van der Waals surface area contributed by atoms with Crippen molar-refractivity contribution in [1.29, 1.82) is 0 Å². The number of rotatable bonds is 4. The molecule has 0 saturated carbocycles. The number of sulfonamides is 1. The Hall–Kier alpha value is -2.19. The largest absolute Gasteiger partial charge is 0.361 e. The van der Waals surface area contributed by atoms with Crippen LogP contribution in [0.5, 0.6) is 0 Å². The van der Waals surface area contributed by atoms with Crippen molar-refractivity contribution in [2.24, 2.45) is 0 Å². The first-order valence-corrected chi connectivity index (χ1v) is 9.99. The minimum Gasteiger partial charge on any atom is -0.361 e. The Balaban J connectivity index is 1.63. The van der Waals surface area contributed by atoms with Gasteiger partial charge in [0.05, 0.1) is 17.0 Å². The van der Waals surface area contributed by atoms with Gasteiger partial charge in [-0.1, -0.05) is 22.9 Å². The molecule has 140 valence electrons. The van der Waals surface area contributed by atoms with E-state index in [1.54, 1.807) is 36.1 Å². The second-order valence-corrected chi connectivity index (χ2v) is 8.52. The maximum absolute atomic E-state index is 12.7. The number of carbonyl (C=O) groups is 1. The molecule has 2 heterocycles. The van der Waals surface area contributed by atoms with E-state index < -0.39 is 10.0 Å². The number of piperazine rings is 1. The van der Waals surface area contributed by atoms with E-state index in [-0.39, 0.29) is 12.3 Å². The number of aromatic nitrogens is 1. The number of hydrogen-bond acceptors (Lipinski definition) is 5. The van der Waals surface area contributed by atoms with Crippen LogP contribution in [0, 0.1) is 20.8 Å². The van der Waals surface area contributed by atoms with Crippen LogP contribution in [0.4, 0.5) is 0 Å². The topological polar surface area (TPSA) is 83.7 Å². The van der Waals surface area contributed by atoms with Gasteiger partial charge >= 0.3 is 0 Å². The zero-order valence-corrected chi connectivity index (χ0v) is 16.0. The molecule has 1 aliphatic rings. The molecule has 8 heteroatoms. The summed E-state index contributed by atoms with van der Waals surface area (Å²) in [4.78, 5) is 14.5. The summed E-state index contributed by atoms with van der Waals surface area (Å²) in [6.07, 6.45) is 0.228. The molecule has 0 unspecified atom stereocenters. The third-order valence-electron chi connectivity index (χ3n) is 4.76. The molecule has 0 radical (unpaired) electrons. The van der Waals surface area contributed by atoms with E-state index in [4.69, 9.17) is 4.52 Å². The number of aryl methyl sites for hydroxylation is 3. The van der Waals surface area contributed by atoms with Gasteiger partial charge in [-0.25, -0.2) is 8.42 Å². The number of carbonyl (C=O) groups excluding carboxylic acids is 1. The molecule has 1 fully saturated rings. The average molecular weight is 377 g/mol. The van der Waals surface area contributed by atoms with E-state index in [0.717, 1.165) is 16.8 Å². The van der Waals surface area contributed by atoms with Crippen LogP contribution in [0.3, 0.4) is 0 Å². The zero-order valence-electron chi connectivity index (χ0n) is 15.2. The minimum absolute atomic E-state index is 0.0354. The highest BCUT2D eigenvalue weighted by Gasteiger charge is 2.30. The average Bonchev–Trinajstić information content (AvgIpc) is 2.94. The van der Waals surface area contributed by atoms with E-state index in [2.05, 4.69) is 5.16 Å². The van der Waals surface area contributed by atoms with Crippen LogP contribution >= 0.6 is 0 Å². The number of amides is 1. The molecule has 7 nitrogen and oxygen atoms in total. The Morgan fingerprint density at radius 3 is 2.23 bits per heavy atom. The quantitative estimate of drug-likeness (QED) is 0.809. The summed E-state index contributed by atoms with van der Waals surface area (Å²) in [5, 5.41) is 3.87. The highest BCUT2D eigenvalue weighted by atomic mass is 32.2. The van der Waals surface area contributed by atoms with Crippen LogP contribution in [0.25, 0.3) is 0 Å². The predicted octanol–water partition coefficient (Wildman–Crippen LogP) is 1.68. The van der Waals surface area contributed by atoms with Crippen molar-refractivity contribution in [2.45, 2.75) is 32.1 Å². The summed E-state index contributed by atoms with van der Waals surface area (Å²) in [6, 6.07) is 6.83. The van der Waals surface area contributed by atoms with Crippen molar-refractivity contribution in [1.82, 2.24) is 14.4 Å². The third-order valence-corrected chi connectivity index (χ3v) is 6.67.